The molecule has 7 nitrogen and oxygen atoms in total. The molecule has 0 aliphatic rings. The van der Waals surface area contributed by atoms with E-state index in [1.165, 1.54) is 0 Å². The quantitative estimate of drug-likeness (QED) is 0.768. The minimum Gasteiger partial charge on any atom is -0.460 e. The topological polar surface area (TPSA) is 97.5 Å². The predicted molar refractivity (Wildman–Crippen MR) is 71.3 cm³/mol. The van der Waals surface area contributed by atoms with Crippen molar-refractivity contribution < 1.29 is 19.2 Å². The molecule has 0 spiro atoms. The van der Waals surface area contributed by atoms with Gasteiger partial charge in [-0.1, -0.05) is 0 Å². The second-order valence-electron chi connectivity index (χ2n) is 3.87. The van der Waals surface area contributed by atoms with E-state index in [0.29, 0.717) is 12.1 Å². The molecule has 106 valence electrons. The lowest BCUT2D eigenvalue weighted by Gasteiger charge is -2.03. The highest BCUT2D eigenvalue weighted by molar-refractivity contribution is 5.85. The number of carbonyl (C=O) groups excluding carboxylic acids is 1. The number of carbonyl (C=O) groups is 1. The van der Waals surface area contributed by atoms with Gasteiger partial charge in [-0.25, -0.2) is 4.79 Å². The Kier molecular flexibility index (Phi) is 4.67. The third kappa shape index (κ3) is 3.33. The molecule has 2 rings (SSSR count). The average Bonchev–Trinajstić information content (AvgIpc) is 2.96. The molecule has 0 aliphatic carbocycles. The third-order valence-corrected chi connectivity index (χ3v) is 2.46. The summed E-state index contributed by atoms with van der Waals surface area (Å²) in [5, 5.41) is 15.3. The molecule has 0 atom stereocenters. The summed E-state index contributed by atoms with van der Waals surface area (Å²) in [6.45, 7) is 2.51. The molecule has 0 saturated carbocycles. The molecular formula is C13H15N3O4. The summed E-state index contributed by atoms with van der Waals surface area (Å²) in [6.07, 6.45) is 0. The Balaban J connectivity index is 2.09. The third-order valence-electron chi connectivity index (χ3n) is 2.46. The maximum Gasteiger partial charge on any atom is 0.379 e. The van der Waals surface area contributed by atoms with E-state index in [9.17, 15) is 4.79 Å². The lowest BCUT2D eigenvalue weighted by molar-refractivity contribution is 0.0508. The molecule has 0 bridgehead atoms. The highest BCUT2D eigenvalue weighted by atomic mass is 16.5. The number of anilines is 1. The lowest BCUT2D eigenvalue weighted by Crippen LogP contribution is -2.06. The molecule has 7 heteroatoms. The van der Waals surface area contributed by atoms with Crippen molar-refractivity contribution in [1.82, 2.24) is 10.1 Å². The van der Waals surface area contributed by atoms with Crippen LogP contribution in [0.1, 0.15) is 17.5 Å². The van der Waals surface area contributed by atoms with Crippen LogP contribution in [0.15, 0.2) is 28.8 Å². The van der Waals surface area contributed by atoms with Crippen molar-refractivity contribution in [2.45, 2.75) is 6.92 Å². The number of aliphatic hydroxyl groups excluding tert-OH is 1. The van der Waals surface area contributed by atoms with Crippen LogP contribution in [0.2, 0.25) is 0 Å². The molecule has 20 heavy (non-hydrogen) atoms. The standard InChI is InChI=1S/C13H15N3O4/c1-2-19-13(18)11-15-12(20-16-11)9-3-5-10(6-4-9)14-7-8-17/h3-6,14,17H,2,7-8H2,1H3. The number of esters is 1. The smallest absolute Gasteiger partial charge is 0.379 e. The van der Waals surface area contributed by atoms with Gasteiger partial charge in [0.05, 0.1) is 13.2 Å². The van der Waals surface area contributed by atoms with Crippen LogP contribution in [0.4, 0.5) is 5.69 Å². The van der Waals surface area contributed by atoms with E-state index in [1.54, 1.807) is 19.1 Å². The first-order valence-electron chi connectivity index (χ1n) is 6.20. The van der Waals surface area contributed by atoms with E-state index in [0.717, 1.165) is 5.69 Å². The molecule has 0 aliphatic heterocycles. The van der Waals surface area contributed by atoms with Crippen LogP contribution in [0.5, 0.6) is 0 Å². The van der Waals surface area contributed by atoms with Gasteiger partial charge in [-0.15, -0.1) is 0 Å². The zero-order valence-electron chi connectivity index (χ0n) is 11.0. The van der Waals surface area contributed by atoms with Crippen LogP contribution in [0.25, 0.3) is 11.5 Å². The van der Waals surface area contributed by atoms with Gasteiger partial charge in [0.25, 0.3) is 11.7 Å². The minimum atomic E-state index is -0.608. The number of nitrogens with one attached hydrogen (secondary N) is 1. The van der Waals surface area contributed by atoms with Crippen LogP contribution in [0.3, 0.4) is 0 Å². The van der Waals surface area contributed by atoms with E-state index in [-0.39, 0.29) is 24.9 Å². The average molecular weight is 277 g/mol. The molecule has 0 amide bonds. The fourth-order valence-electron chi connectivity index (χ4n) is 1.55. The van der Waals surface area contributed by atoms with Crippen molar-refractivity contribution in [3.8, 4) is 11.5 Å². The Morgan fingerprint density at radius 2 is 2.15 bits per heavy atom. The van der Waals surface area contributed by atoms with Crippen molar-refractivity contribution in [2.75, 3.05) is 25.1 Å². The van der Waals surface area contributed by atoms with Crippen molar-refractivity contribution in [3.05, 3.63) is 30.1 Å². The number of aromatic nitrogens is 2. The summed E-state index contributed by atoms with van der Waals surface area (Å²) >= 11 is 0. The van der Waals surface area contributed by atoms with E-state index in [4.69, 9.17) is 14.4 Å². The first kappa shape index (κ1) is 14.0. The Morgan fingerprint density at radius 1 is 1.40 bits per heavy atom. The Hall–Kier alpha value is -2.41. The minimum absolute atomic E-state index is 0.0638. The highest BCUT2D eigenvalue weighted by Gasteiger charge is 2.16. The van der Waals surface area contributed by atoms with E-state index < -0.39 is 5.97 Å². The number of nitrogens with zero attached hydrogens (tertiary/aromatic N) is 2. The van der Waals surface area contributed by atoms with Gasteiger partial charge in [-0.05, 0) is 36.3 Å². The Labute approximate surface area is 115 Å². The molecule has 0 fully saturated rings. The number of benzene rings is 1. The maximum atomic E-state index is 11.4. The fraction of sp³-hybridized carbons (Fsp3) is 0.308. The van der Waals surface area contributed by atoms with E-state index >= 15 is 0 Å². The van der Waals surface area contributed by atoms with Gasteiger partial charge >= 0.3 is 5.97 Å². The zero-order chi connectivity index (χ0) is 14.4. The number of hydrogen-bond acceptors (Lipinski definition) is 7. The molecule has 0 saturated heterocycles. The summed E-state index contributed by atoms with van der Waals surface area (Å²) in [5.74, 6) is -0.449. The zero-order valence-corrected chi connectivity index (χ0v) is 11.0. The van der Waals surface area contributed by atoms with Crippen molar-refractivity contribution >= 4 is 11.7 Å². The molecule has 1 aromatic heterocycles. The molecule has 2 aromatic rings. The summed E-state index contributed by atoms with van der Waals surface area (Å²) in [5.41, 5.74) is 1.57. The highest BCUT2D eigenvalue weighted by Crippen LogP contribution is 2.19. The molecule has 0 unspecified atom stereocenters. The molecule has 1 aromatic carbocycles. The molecule has 1 heterocycles. The van der Waals surface area contributed by atoms with Crippen LogP contribution in [0, 0.1) is 0 Å². The Morgan fingerprint density at radius 3 is 2.80 bits per heavy atom. The summed E-state index contributed by atoms with van der Waals surface area (Å²) in [6, 6.07) is 7.20. The monoisotopic (exact) mass is 277 g/mol. The summed E-state index contributed by atoms with van der Waals surface area (Å²) in [4.78, 5) is 15.4. The van der Waals surface area contributed by atoms with E-state index in [2.05, 4.69) is 15.5 Å². The van der Waals surface area contributed by atoms with Crippen molar-refractivity contribution in [3.63, 3.8) is 0 Å². The normalized spacial score (nSPS) is 10.3. The van der Waals surface area contributed by atoms with Gasteiger partial charge in [0.1, 0.15) is 0 Å². The van der Waals surface area contributed by atoms with Crippen LogP contribution in [-0.4, -0.2) is 41.0 Å². The van der Waals surface area contributed by atoms with Crippen molar-refractivity contribution in [1.29, 1.82) is 0 Å². The Bertz CT molecular complexity index is 565. The second kappa shape index (κ2) is 6.67. The molecule has 2 N–H and O–H groups in total. The lowest BCUT2D eigenvalue weighted by atomic mass is 10.2. The van der Waals surface area contributed by atoms with Crippen LogP contribution < -0.4 is 5.32 Å². The maximum absolute atomic E-state index is 11.4. The number of hydrogen-bond donors (Lipinski definition) is 2. The van der Waals surface area contributed by atoms with Crippen molar-refractivity contribution in [2.24, 2.45) is 0 Å². The fourth-order valence-corrected chi connectivity index (χ4v) is 1.55. The van der Waals surface area contributed by atoms with E-state index in [1.807, 2.05) is 12.1 Å². The largest absolute Gasteiger partial charge is 0.460 e. The van der Waals surface area contributed by atoms with Gasteiger partial charge in [0.2, 0.25) is 0 Å². The predicted octanol–water partition coefficient (Wildman–Crippen LogP) is 1.32. The van der Waals surface area contributed by atoms with Gasteiger partial charge in [-0.3, -0.25) is 0 Å². The van der Waals surface area contributed by atoms with Crippen LogP contribution in [-0.2, 0) is 4.74 Å². The van der Waals surface area contributed by atoms with Gasteiger partial charge in [-0.2, -0.15) is 4.98 Å². The number of aliphatic hydroxyl groups is 1. The van der Waals surface area contributed by atoms with Gasteiger partial charge < -0.3 is 19.7 Å². The summed E-state index contributed by atoms with van der Waals surface area (Å²) in [7, 11) is 0. The number of ether oxygens (including phenoxy) is 1. The summed E-state index contributed by atoms with van der Waals surface area (Å²) < 4.78 is 9.80. The second-order valence-corrected chi connectivity index (χ2v) is 3.87. The van der Waals surface area contributed by atoms with Gasteiger partial charge in [0.15, 0.2) is 0 Å². The first-order valence-corrected chi connectivity index (χ1v) is 6.20. The molecular weight excluding hydrogens is 262 g/mol. The molecule has 0 radical (unpaired) electrons. The SMILES string of the molecule is CCOC(=O)c1noc(-c2ccc(NCCO)cc2)n1. The number of rotatable bonds is 6. The van der Waals surface area contributed by atoms with Crippen LogP contribution >= 0.6 is 0 Å². The first-order chi connectivity index (χ1) is 9.74. The van der Waals surface area contributed by atoms with Gasteiger partial charge in [0, 0.05) is 17.8 Å².